The van der Waals surface area contributed by atoms with Crippen molar-refractivity contribution in [3.05, 3.63) is 87.4 Å². The number of carbonyl (C=O) groups excluding carboxylic acids is 2. The number of hydrogen-bond acceptors (Lipinski definition) is 8. The summed E-state index contributed by atoms with van der Waals surface area (Å²) in [6.07, 6.45) is 0.999. The van der Waals surface area contributed by atoms with Gasteiger partial charge in [-0.05, 0) is 36.4 Å². The lowest BCUT2D eigenvalue weighted by Crippen LogP contribution is -2.52. The van der Waals surface area contributed by atoms with Crippen LogP contribution >= 0.6 is 11.6 Å². The van der Waals surface area contributed by atoms with Gasteiger partial charge in [-0.1, -0.05) is 29.8 Å². The minimum absolute atomic E-state index is 0.139. The smallest absolute Gasteiger partial charge is 0.270 e. The van der Waals surface area contributed by atoms with Crippen molar-refractivity contribution in [2.75, 3.05) is 54.5 Å². The molecule has 0 unspecified atom stereocenters. The summed E-state index contributed by atoms with van der Waals surface area (Å²) < 4.78 is 24.7. The second kappa shape index (κ2) is 11.3. The molecule has 0 radical (unpaired) electrons. The number of nitrogens with zero attached hydrogens (tertiary/aromatic N) is 4. The number of halogens is 1. The molecule has 2 N–H and O–H groups in total. The fraction of sp³-hybridized carbons (Fsp3) is 0.231. The molecule has 39 heavy (non-hydrogen) atoms. The lowest BCUT2D eigenvalue weighted by atomic mass is 10.1. The zero-order chi connectivity index (χ0) is 28.3. The van der Waals surface area contributed by atoms with Gasteiger partial charge in [-0.25, -0.2) is 8.42 Å². The molecule has 3 aromatic rings. The molecule has 13 heteroatoms. The van der Waals surface area contributed by atoms with Crippen LogP contribution in [0.15, 0.2) is 71.6 Å². The number of amides is 2. The number of benzene rings is 3. The summed E-state index contributed by atoms with van der Waals surface area (Å²) in [7, 11) is -3.74. The number of nitrogens with two attached hydrogens (primary N) is 1. The number of nitro benzene ring substituents is 1. The Morgan fingerprint density at radius 2 is 1.69 bits per heavy atom. The highest BCUT2D eigenvalue weighted by atomic mass is 35.5. The molecule has 0 aliphatic carbocycles. The van der Waals surface area contributed by atoms with Crippen LogP contribution in [0.25, 0.3) is 0 Å². The summed E-state index contributed by atoms with van der Waals surface area (Å²) in [5.41, 5.74) is 6.97. The average Bonchev–Trinajstić information content (AvgIpc) is 2.92. The number of nitro groups is 1. The van der Waals surface area contributed by atoms with Gasteiger partial charge in [0.2, 0.25) is 5.91 Å². The molecule has 204 valence electrons. The minimum Gasteiger partial charge on any atom is -0.398 e. The van der Waals surface area contributed by atoms with Crippen molar-refractivity contribution in [1.29, 1.82) is 0 Å². The summed E-state index contributed by atoms with van der Waals surface area (Å²) in [5.74, 6) is -0.707. The Morgan fingerprint density at radius 3 is 2.28 bits per heavy atom. The lowest BCUT2D eigenvalue weighted by Gasteiger charge is -2.37. The number of nitrogen functional groups attached to an aromatic ring is 1. The third-order valence-corrected chi connectivity index (χ3v) is 7.85. The highest BCUT2D eigenvalue weighted by Crippen LogP contribution is 2.30. The standard InChI is InChI=1S/C26H26ClN5O6S/c1-39(37,38)24-16-20(32(35)36)8-10-23(24)29-11-13-30(14-12-29)25(33)17-31(19-5-3-2-4-6-19)26(34)18-7-9-21(27)22(28)15-18/h2-10,15-16H,11-14,17,28H2,1H3. The van der Waals surface area contributed by atoms with E-state index in [1.165, 1.54) is 29.2 Å². The van der Waals surface area contributed by atoms with Gasteiger partial charge in [0.25, 0.3) is 11.6 Å². The topological polar surface area (TPSA) is 147 Å². The van der Waals surface area contributed by atoms with Crippen LogP contribution in [0.3, 0.4) is 0 Å². The molecule has 1 saturated heterocycles. The van der Waals surface area contributed by atoms with E-state index >= 15 is 0 Å². The summed E-state index contributed by atoms with van der Waals surface area (Å²) in [6, 6.07) is 17.0. The molecule has 2 amide bonds. The van der Waals surface area contributed by atoms with Gasteiger partial charge in [-0.2, -0.15) is 0 Å². The van der Waals surface area contributed by atoms with E-state index in [4.69, 9.17) is 17.3 Å². The highest BCUT2D eigenvalue weighted by Gasteiger charge is 2.29. The van der Waals surface area contributed by atoms with Gasteiger partial charge >= 0.3 is 0 Å². The van der Waals surface area contributed by atoms with Gasteiger partial charge in [0, 0.05) is 55.8 Å². The van der Waals surface area contributed by atoms with E-state index in [0.717, 1.165) is 12.3 Å². The fourth-order valence-electron chi connectivity index (χ4n) is 4.33. The Balaban J connectivity index is 1.51. The lowest BCUT2D eigenvalue weighted by molar-refractivity contribution is -0.385. The van der Waals surface area contributed by atoms with Crippen molar-refractivity contribution in [2.24, 2.45) is 0 Å². The first-order chi connectivity index (χ1) is 18.5. The van der Waals surface area contributed by atoms with Crippen molar-refractivity contribution in [2.45, 2.75) is 4.90 Å². The maximum absolute atomic E-state index is 13.4. The number of non-ortho nitro benzene ring substituents is 1. The summed E-state index contributed by atoms with van der Waals surface area (Å²) in [4.78, 5) is 41.9. The van der Waals surface area contributed by atoms with Crippen molar-refractivity contribution < 1.29 is 22.9 Å². The Bertz CT molecular complexity index is 1530. The van der Waals surface area contributed by atoms with Crippen LogP contribution in [0.5, 0.6) is 0 Å². The fourth-order valence-corrected chi connectivity index (χ4v) is 5.36. The summed E-state index contributed by atoms with van der Waals surface area (Å²) in [6.45, 7) is 0.920. The van der Waals surface area contributed by atoms with Gasteiger partial charge < -0.3 is 15.5 Å². The number of anilines is 3. The van der Waals surface area contributed by atoms with E-state index in [1.807, 2.05) is 0 Å². The van der Waals surface area contributed by atoms with Gasteiger partial charge in [0.15, 0.2) is 9.84 Å². The van der Waals surface area contributed by atoms with Crippen LogP contribution in [0.2, 0.25) is 5.02 Å². The van der Waals surface area contributed by atoms with E-state index in [9.17, 15) is 28.1 Å². The average molecular weight is 572 g/mol. The molecule has 0 spiro atoms. The molecule has 1 heterocycles. The second-order valence-corrected chi connectivity index (χ2v) is 11.4. The van der Waals surface area contributed by atoms with Crippen molar-refractivity contribution >= 4 is 56.0 Å². The quantitative estimate of drug-likeness (QED) is 0.258. The zero-order valence-electron chi connectivity index (χ0n) is 21.0. The molecule has 1 aliphatic heterocycles. The largest absolute Gasteiger partial charge is 0.398 e. The number of rotatable bonds is 7. The maximum Gasteiger partial charge on any atom is 0.270 e. The Kier molecular flexibility index (Phi) is 8.07. The van der Waals surface area contributed by atoms with E-state index in [0.29, 0.717) is 29.5 Å². The molecular formula is C26H26ClN5O6S. The number of sulfone groups is 1. The molecule has 1 aliphatic rings. The normalized spacial score (nSPS) is 13.7. The number of hydrogen-bond donors (Lipinski definition) is 1. The first-order valence-corrected chi connectivity index (χ1v) is 14.2. The predicted octanol–water partition coefficient (Wildman–Crippen LogP) is 3.23. The van der Waals surface area contributed by atoms with Gasteiger partial charge in [0.1, 0.15) is 6.54 Å². The maximum atomic E-state index is 13.4. The molecule has 1 fully saturated rings. The molecule has 4 rings (SSSR count). The van der Waals surface area contributed by atoms with E-state index in [-0.39, 0.29) is 47.4 Å². The van der Waals surface area contributed by atoms with Crippen LogP contribution in [0, 0.1) is 10.1 Å². The minimum atomic E-state index is -3.74. The van der Waals surface area contributed by atoms with Crippen LogP contribution in [-0.2, 0) is 14.6 Å². The molecule has 0 aromatic heterocycles. The number of para-hydroxylation sites is 1. The van der Waals surface area contributed by atoms with Gasteiger partial charge in [0.05, 0.1) is 26.2 Å². The van der Waals surface area contributed by atoms with E-state index in [2.05, 4.69) is 0 Å². The van der Waals surface area contributed by atoms with Crippen molar-refractivity contribution in [3.8, 4) is 0 Å². The first kappa shape index (κ1) is 27.9. The third-order valence-electron chi connectivity index (χ3n) is 6.38. The highest BCUT2D eigenvalue weighted by molar-refractivity contribution is 7.90. The van der Waals surface area contributed by atoms with Crippen LogP contribution in [0.1, 0.15) is 10.4 Å². The second-order valence-electron chi connectivity index (χ2n) is 9.01. The van der Waals surface area contributed by atoms with E-state index in [1.54, 1.807) is 46.2 Å². The molecular weight excluding hydrogens is 546 g/mol. The molecule has 11 nitrogen and oxygen atoms in total. The molecule has 0 saturated carbocycles. The first-order valence-electron chi connectivity index (χ1n) is 11.9. The Labute approximate surface area is 230 Å². The van der Waals surface area contributed by atoms with Crippen molar-refractivity contribution in [1.82, 2.24) is 4.90 Å². The number of piperazine rings is 1. The SMILES string of the molecule is CS(=O)(=O)c1cc([N+](=O)[O-])ccc1N1CCN(C(=O)CN(C(=O)c2ccc(Cl)c(N)c2)c2ccccc2)CC1. The van der Waals surface area contributed by atoms with Crippen LogP contribution in [-0.4, -0.2) is 69.0 Å². The third kappa shape index (κ3) is 6.29. The van der Waals surface area contributed by atoms with Crippen LogP contribution in [0.4, 0.5) is 22.7 Å². The van der Waals surface area contributed by atoms with Gasteiger partial charge in [-0.15, -0.1) is 0 Å². The number of carbonyl (C=O) groups is 2. The molecule has 0 atom stereocenters. The van der Waals surface area contributed by atoms with Crippen molar-refractivity contribution in [3.63, 3.8) is 0 Å². The predicted molar refractivity (Wildman–Crippen MR) is 149 cm³/mol. The Morgan fingerprint density at radius 1 is 1.03 bits per heavy atom. The van der Waals surface area contributed by atoms with E-state index < -0.39 is 20.7 Å². The van der Waals surface area contributed by atoms with Gasteiger partial charge in [-0.3, -0.25) is 24.6 Å². The summed E-state index contributed by atoms with van der Waals surface area (Å²) >= 11 is 6.00. The monoisotopic (exact) mass is 571 g/mol. The molecule has 0 bridgehead atoms. The Hall–Kier alpha value is -4.16. The zero-order valence-corrected chi connectivity index (χ0v) is 22.6. The summed E-state index contributed by atoms with van der Waals surface area (Å²) in [5, 5.41) is 11.5. The molecule has 3 aromatic carbocycles. The van der Waals surface area contributed by atoms with Crippen LogP contribution < -0.4 is 15.5 Å².